The molecule has 2 rings (SSSR count). The second-order valence-electron chi connectivity index (χ2n) is 4.26. The van der Waals surface area contributed by atoms with E-state index in [2.05, 4.69) is 16.5 Å². The van der Waals surface area contributed by atoms with Crippen molar-refractivity contribution in [3.8, 4) is 0 Å². The van der Waals surface area contributed by atoms with Crippen LogP contribution in [-0.4, -0.2) is 42.2 Å². The van der Waals surface area contributed by atoms with E-state index in [9.17, 15) is 0 Å². The fourth-order valence-corrected chi connectivity index (χ4v) is 3.52. The third-order valence-corrected chi connectivity index (χ3v) is 4.13. The summed E-state index contributed by atoms with van der Waals surface area (Å²) in [5.74, 6) is 1.24. The lowest BCUT2D eigenvalue weighted by Gasteiger charge is -2.41. The molecule has 0 aliphatic carbocycles. The zero-order chi connectivity index (χ0) is 9.15. The molecule has 2 aliphatic rings. The molecule has 1 spiro atoms. The van der Waals surface area contributed by atoms with Gasteiger partial charge in [0.1, 0.15) is 0 Å². The van der Waals surface area contributed by atoms with Gasteiger partial charge in [-0.2, -0.15) is 0 Å². The summed E-state index contributed by atoms with van der Waals surface area (Å²) in [6, 6.07) is 0. The molecule has 0 aromatic heterocycles. The summed E-state index contributed by atoms with van der Waals surface area (Å²) in [5.41, 5.74) is 0.592. The molecular formula is C10H20N2S. The van der Waals surface area contributed by atoms with Gasteiger partial charge in [0.15, 0.2) is 0 Å². The Balaban J connectivity index is 2.00. The van der Waals surface area contributed by atoms with Crippen LogP contribution >= 0.6 is 11.8 Å². The van der Waals surface area contributed by atoms with Crippen molar-refractivity contribution in [1.29, 1.82) is 0 Å². The number of hydrogen-bond donors (Lipinski definition) is 1. The molecule has 0 aromatic rings. The molecule has 76 valence electrons. The third-order valence-electron chi connectivity index (χ3n) is 3.56. The molecular weight excluding hydrogens is 180 g/mol. The molecule has 0 aromatic carbocycles. The minimum atomic E-state index is 0.592. The van der Waals surface area contributed by atoms with E-state index in [4.69, 9.17) is 0 Å². The van der Waals surface area contributed by atoms with E-state index in [1.165, 1.54) is 51.2 Å². The van der Waals surface area contributed by atoms with Gasteiger partial charge in [0.2, 0.25) is 0 Å². The van der Waals surface area contributed by atoms with Gasteiger partial charge >= 0.3 is 0 Å². The molecule has 13 heavy (non-hydrogen) atoms. The van der Waals surface area contributed by atoms with Crippen LogP contribution in [-0.2, 0) is 0 Å². The smallest absolute Gasteiger partial charge is 0.0447 e. The largest absolute Gasteiger partial charge is 0.317 e. The zero-order valence-corrected chi connectivity index (χ0v) is 9.33. The average Bonchev–Trinajstić information content (AvgIpc) is 2.52. The number of piperidine rings is 1. The molecule has 0 radical (unpaired) electrons. The van der Waals surface area contributed by atoms with Crippen molar-refractivity contribution in [2.24, 2.45) is 0 Å². The predicted octanol–water partition coefficient (Wildman–Crippen LogP) is 1.52. The lowest BCUT2D eigenvalue weighted by atomic mass is 9.86. The molecule has 0 unspecified atom stereocenters. The molecule has 0 bridgehead atoms. The maximum absolute atomic E-state index is 3.47. The number of nitrogens with one attached hydrogen (secondary N) is 1. The second-order valence-corrected chi connectivity index (χ2v) is 5.09. The normalized spacial score (nSPS) is 28.4. The summed E-state index contributed by atoms with van der Waals surface area (Å²) < 4.78 is 0. The maximum atomic E-state index is 3.47. The van der Waals surface area contributed by atoms with E-state index in [1.54, 1.807) is 0 Å². The molecule has 2 saturated heterocycles. The highest BCUT2D eigenvalue weighted by Crippen LogP contribution is 2.37. The lowest BCUT2D eigenvalue weighted by molar-refractivity contribution is 0.122. The van der Waals surface area contributed by atoms with Crippen LogP contribution in [0, 0.1) is 0 Å². The molecule has 3 heteroatoms. The molecule has 0 saturated carbocycles. The first-order valence-electron chi connectivity index (χ1n) is 5.32. The Kier molecular flexibility index (Phi) is 3.17. The molecule has 2 nitrogen and oxygen atoms in total. The van der Waals surface area contributed by atoms with Crippen molar-refractivity contribution < 1.29 is 0 Å². The molecule has 2 heterocycles. The van der Waals surface area contributed by atoms with Gasteiger partial charge in [-0.25, -0.2) is 0 Å². The van der Waals surface area contributed by atoms with Crippen LogP contribution in [0.15, 0.2) is 0 Å². The van der Waals surface area contributed by atoms with E-state index in [1.807, 2.05) is 11.8 Å². The Labute approximate surface area is 85.4 Å². The Morgan fingerprint density at radius 3 is 2.77 bits per heavy atom. The molecule has 0 atom stereocenters. The Morgan fingerprint density at radius 1 is 1.31 bits per heavy atom. The van der Waals surface area contributed by atoms with E-state index in [0.717, 1.165) is 0 Å². The molecule has 2 fully saturated rings. The first kappa shape index (κ1) is 9.81. The van der Waals surface area contributed by atoms with Gasteiger partial charge in [-0.3, -0.25) is 4.90 Å². The van der Waals surface area contributed by atoms with Crippen LogP contribution in [0.2, 0.25) is 0 Å². The number of likely N-dealkylation sites (tertiary alicyclic amines) is 1. The average molecular weight is 200 g/mol. The first-order valence-corrected chi connectivity index (χ1v) is 6.71. The summed E-state index contributed by atoms with van der Waals surface area (Å²) in [6.07, 6.45) is 7.81. The number of hydrogen-bond acceptors (Lipinski definition) is 3. The second kappa shape index (κ2) is 4.20. The van der Waals surface area contributed by atoms with Gasteiger partial charge in [0.25, 0.3) is 0 Å². The maximum Gasteiger partial charge on any atom is 0.0447 e. The van der Waals surface area contributed by atoms with Crippen LogP contribution in [0.4, 0.5) is 0 Å². The zero-order valence-electron chi connectivity index (χ0n) is 8.51. The van der Waals surface area contributed by atoms with Crippen LogP contribution in [0.5, 0.6) is 0 Å². The van der Waals surface area contributed by atoms with E-state index in [0.29, 0.717) is 5.54 Å². The van der Waals surface area contributed by atoms with Crippen molar-refractivity contribution >= 4 is 11.8 Å². The summed E-state index contributed by atoms with van der Waals surface area (Å²) in [6.45, 7) is 3.79. The van der Waals surface area contributed by atoms with Gasteiger partial charge in [0, 0.05) is 11.4 Å². The minimum Gasteiger partial charge on any atom is -0.317 e. The summed E-state index contributed by atoms with van der Waals surface area (Å²) in [5, 5.41) is 3.47. The summed E-state index contributed by atoms with van der Waals surface area (Å²) >= 11 is 1.97. The Bertz CT molecular complexity index is 166. The lowest BCUT2D eigenvalue weighted by Crippen LogP contribution is -2.50. The predicted molar refractivity (Wildman–Crippen MR) is 59.2 cm³/mol. The van der Waals surface area contributed by atoms with Gasteiger partial charge < -0.3 is 5.32 Å². The fourth-order valence-electron chi connectivity index (χ4n) is 2.81. The van der Waals surface area contributed by atoms with Gasteiger partial charge in [0.05, 0.1) is 0 Å². The van der Waals surface area contributed by atoms with Crippen molar-refractivity contribution in [3.63, 3.8) is 0 Å². The molecule has 2 aliphatic heterocycles. The van der Waals surface area contributed by atoms with Gasteiger partial charge in [-0.15, -0.1) is 11.8 Å². The van der Waals surface area contributed by atoms with E-state index in [-0.39, 0.29) is 0 Å². The molecule has 1 N–H and O–H groups in total. The monoisotopic (exact) mass is 200 g/mol. The van der Waals surface area contributed by atoms with Crippen LogP contribution < -0.4 is 5.32 Å². The first-order chi connectivity index (χ1) is 6.37. The highest BCUT2D eigenvalue weighted by atomic mass is 32.2. The van der Waals surface area contributed by atoms with Crippen molar-refractivity contribution in [2.45, 2.75) is 31.2 Å². The van der Waals surface area contributed by atoms with Crippen LogP contribution in [0.25, 0.3) is 0 Å². The third kappa shape index (κ3) is 1.88. The Morgan fingerprint density at radius 2 is 2.08 bits per heavy atom. The SMILES string of the molecule is CSCN1CCCC12CCNCC2. The summed E-state index contributed by atoms with van der Waals surface area (Å²) in [7, 11) is 0. The quantitative estimate of drug-likeness (QED) is 0.727. The highest BCUT2D eigenvalue weighted by Gasteiger charge is 2.40. The number of rotatable bonds is 2. The van der Waals surface area contributed by atoms with Crippen molar-refractivity contribution in [3.05, 3.63) is 0 Å². The fraction of sp³-hybridized carbons (Fsp3) is 1.00. The van der Waals surface area contributed by atoms with E-state index >= 15 is 0 Å². The minimum absolute atomic E-state index is 0.592. The van der Waals surface area contributed by atoms with Crippen LogP contribution in [0.1, 0.15) is 25.7 Å². The standard InChI is InChI=1S/C10H20N2S/c1-13-9-12-8-2-3-10(12)4-6-11-7-5-10/h11H,2-9H2,1H3. The van der Waals surface area contributed by atoms with Crippen molar-refractivity contribution in [1.82, 2.24) is 10.2 Å². The number of thioether (sulfide) groups is 1. The number of nitrogens with zero attached hydrogens (tertiary/aromatic N) is 1. The highest BCUT2D eigenvalue weighted by molar-refractivity contribution is 7.98. The van der Waals surface area contributed by atoms with Crippen molar-refractivity contribution in [2.75, 3.05) is 31.8 Å². The topological polar surface area (TPSA) is 15.3 Å². The molecule has 0 amide bonds. The Hall–Kier alpha value is 0.270. The van der Waals surface area contributed by atoms with E-state index < -0.39 is 0 Å². The van der Waals surface area contributed by atoms with Crippen LogP contribution in [0.3, 0.4) is 0 Å². The van der Waals surface area contributed by atoms with Gasteiger partial charge in [-0.1, -0.05) is 0 Å². The van der Waals surface area contributed by atoms with Gasteiger partial charge in [-0.05, 0) is 51.6 Å². The summed E-state index contributed by atoms with van der Waals surface area (Å²) in [4.78, 5) is 2.72.